The molecule has 0 fully saturated rings. The van der Waals surface area contributed by atoms with Crippen LogP contribution in [0.4, 0.5) is 0 Å². The van der Waals surface area contributed by atoms with E-state index in [-0.39, 0.29) is 0 Å². The van der Waals surface area contributed by atoms with Crippen molar-refractivity contribution in [2.75, 3.05) is 13.7 Å². The fraction of sp³-hybridized carbons (Fsp3) is 0.538. The Morgan fingerprint density at radius 3 is 2.94 bits per heavy atom. The van der Waals surface area contributed by atoms with Crippen molar-refractivity contribution in [1.29, 1.82) is 0 Å². The summed E-state index contributed by atoms with van der Waals surface area (Å²) < 4.78 is 5.26. The first kappa shape index (κ1) is 11.8. The van der Waals surface area contributed by atoms with Gasteiger partial charge in [-0.2, -0.15) is 0 Å². The molecule has 2 rings (SSSR count). The molecule has 0 saturated carbocycles. The van der Waals surface area contributed by atoms with Gasteiger partial charge in [0.2, 0.25) is 0 Å². The molecule has 0 amide bonds. The van der Waals surface area contributed by atoms with Crippen molar-refractivity contribution in [3.63, 3.8) is 0 Å². The molecule has 0 spiro atoms. The van der Waals surface area contributed by atoms with E-state index in [0.717, 1.165) is 12.3 Å². The quantitative estimate of drug-likeness (QED) is 0.868. The van der Waals surface area contributed by atoms with Crippen LogP contribution in [0, 0.1) is 0 Å². The molecule has 1 N–H and O–H groups in total. The molecule has 2 atom stereocenters. The van der Waals surface area contributed by atoms with Crippen LogP contribution in [0.5, 0.6) is 5.75 Å². The molecule has 0 aliphatic carbocycles. The van der Waals surface area contributed by atoms with Crippen LogP contribution in [0.25, 0.3) is 0 Å². The Morgan fingerprint density at radius 2 is 2.25 bits per heavy atom. The lowest BCUT2D eigenvalue weighted by atomic mass is 10.0. The van der Waals surface area contributed by atoms with Crippen LogP contribution in [-0.2, 0) is 0 Å². The van der Waals surface area contributed by atoms with Gasteiger partial charge in [0.15, 0.2) is 0 Å². The number of hydrogen-bond donors (Lipinski definition) is 1. The van der Waals surface area contributed by atoms with Crippen molar-refractivity contribution in [2.24, 2.45) is 0 Å². The minimum Gasteiger partial charge on any atom is -0.497 e. The number of methoxy groups -OCH3 is 1. The first-order valence-electron chi connectivity index (χ1n) is 5.84. The molecular formula is C13H19NOS. The van der Waals surface area contributed by atoms with Gasteiger partial charge in [0.25, 0.3) is 0 Å². The number of ether oxygens (including phenoxy) is 1. The highest BCUT2D eigenvalue weighted by atomic mass is 32.2. The van der Waals surface area contributed by atoms with Gasteiger partial charge < -0.3 is 10.1 Å². The van der Waals surface area contributed by atoms with Crippen LogP contribution < -0.4 is 10.1 Å². The van der Waals surface area contributed by atoms with E-state index >= 15 is 0 Å². The van der Waals surface area contributed by atoms with E-state index in [1.165, 1.54) is 16.9 Å². The lowest BCUT2D eigenvalue weighted by Gasteiger charge is -2.17. The summed E-state index contributed by atoms with van der Waals surface area (Å²) in [5.74, 6) is 0.953. The van der Waals surface area contributed by atoms with E-state index in [1.54, 1.807) is 7.11 Å². The van der Waals surface area contributed by atoms with E-state index in [9.17, 15) is 0 Å². The van der Waals surface area contributed by atoms with Gasteiger partial charge in [-0.15, -0.1) is 11.8 Å². The summed E-state index contributed by atoms with van der Waals surface area (Å²) in [4.78, 5) is 1.36. The molecule has 0 radical (unpaired) electrons. The third-order valence-corrected chi connectivity index (χ3v) is 4.20. The summed E-state index contributed by atoms with van der Waals surface area (Å²) in [6, 6.07) is 6.88. The molecule has 1 aliphatic rings. The fourth-order valence-corrected chi connectivity index (χ4v) is 3.39. The van der Waals surface area contributed by atoms with Crippen LogP contribution in [-0.4, -0.2) is 18.9 Å². The minimum atomic E-state index is 0.492. The number of fused-ring (bicyclic) bond motifs is 1. The summed E-state index contributed by atoms with van der Waals surface area (Å²) in [7, 11) is 1.72. The summed E-state index contributed by atoms with van der Waals surface area (Å²) >= 11 is 1.94. The van der Waals surface area contributed by atoms with Crippen molar-refractivity contribution in [3.05, 3.63) is 23.8 Å². The maximum Gasteiger partial charge on any atom is 0.119 e. The number of benzene rings is 1. The average Bonchev–Trinajstić information content (AvgIpc) is 2.61. The van der Waals surface area contributed by atoms with Crippen LogP contribution in [0.3, 0.4) is 0 Å². The molecule has 1 heterocycles. The Morgan fingerprint density at radius 1 is 1.44 bits per heavy atom. The maximum absolute atomic E-state index is 5.26. The normalized spacial score (nSPS) is 23.2. The fourth-order valence-electron chi connectivity index (χ4n) is 2.10. The Bertz CT molecular complexity index is 367. The molecule has 0 aromatic heterocycles. The van der Waals surface area contributed by atoms with Gasteiger partial charge in [-0.3, -0.25) is 0 Å². The Balaban J connectivity index is 2.20. The van der Waals surface area contributed by atoms with Gasteiger partial charge in [0.05, 0.1) is 7.11 Å². The van der Waals surface area contributed by atoms with Crippen LogP contribution in [0.1, 0.15) is 31.9 Å². The highest BCUT2D eigenvalue weighted by molar-refractivity contribution is 8.00. The van der Waals surface area contributed by atoms with E-state index in [1.807, 2.05) is 11.8 Å². The molecule has 1 aromatic carbocycles. The van der Waals surface area contributed by atoms with E-state index in [0.29, 0.717) is 11.3 Å². The second-order valence-electron chi connectivity index (χ2n) is 4.16. The Kier molecular flexibility index (Phi) is 3.77. The zero-order chi connectivity index (χ0) is 11.5. The first-order chi connectivity index (χ1) is 7.76. The molecule has 0 bridgehead atoms. The van der Waals surface area contributed by atoms with Crippen molar-refractivity contribution >= 4 is 11.8 Å². The largest absolute Gasteiger partial charge is 0.497 e. The summed E-state index contributed by atoms with van der Waals surface area (Å²) in [5, 5.41) is 4.22. The summed E-state index contributed by atoms with van der Waals surface area (Å²) in [5.41, 5.74) is 1.42. The monoisotopic (exact) mass is 237 g/mol. The van der Waals surface area contributed by atoms with E-state index < -0.39 is 0 Å². The van der Waals surface area contributed by atoms with Gasteiger partial charge in [-0.05, 0) is 30.7 Å². The van der Waals surface area contributed by atoms with Crippen LogP contribution >= 0.6 is 11.8 Å². The number of nitrogens with one attached hydrogen (secondary N) is 1. The first-order valence-corrected chi connectivity index (χ1v) is 6.72. The molecule has 2 nitrogen and oxygen atoms in total. The average molecular weight is 237 g/mol. The van der Waals surface area contributed by atoms with E-state index in [2.05, 4.69) is 37.4 Å². The smallest absolute Gasteiger partial charge is 0.119 e. The molecule has 0 saturated heterocycles. The molecule has 1 aliphatic heterocycles. The zero-order valence-corrected chi connectivity index (χ0v) is 10.9. The van der Waals surface area contributed by atoms with Gasteiger partial charge in [-0.1, -0.05) is 19.9 Å². The predicted octanol–water partition coefficient (Wildman–Crippen LogP) is 3.23. The van der Waals surface area contributed by atoms with Crippen LogP contribution in [0.15, 0.2) is 23.1 Å². The number of thioether (sulfide) groups is 1. The summed E-state index contributed by atoms with van der Waals surface area (Å²) in [6.45, 7) is 5.57. The number of hydrogen-bond acceptors (Lipinski definition) is 3. The third-order valence-electron chi connectivity index (χ3n) is 2.95. The number of rotatable bonds is 4. The molecule has 16 heavy (non-hydrogen) atoms. The zero-order valence-electron chi connectivity index (χ0n) is 10.1. The Labute approximate surface area is 102 Å². The molecule has 3 heteroatoms. The lowest BCUT2D eigenvalue weighted by Crippen LogP contribution is -2.26. The highest BCUT2D eigenvalue weighted by Crippen LogP contribution is 2.45. The van der Waals surface area contributed by atoms with Crippen molar-refractivity contribution in [2.45, 2.75) is 36.5 Å². The second kappa shape index (κ2) is 5.11. The SMILES string of the molecule is CCCNC1c2ccc(OC)cc2SC1C. The topological polar surface area (TPSA) is 21.3 Å². The van der Waals surface area contributed by atoms with Crippen molar-refractivity contribution in [1.82, 2.24) is 5.32 Å². The summed E-state index contributed by atoms with van der Waals surface area (Å²) in [6.07, 6.45) is 1.18. The van der Waals surface area contributed by atoms with Gasteiger partial charge >= 0.3 is 0 Å². The molecule has 2 unspecified atom stereocenters. The van der Waals surface area contributed by atoms with Crippen molar-refractivity contribution < 1.29 is 4.74 Å². The van der Waals surface area contributed by atoms with E-state index in [4.69, 9.17) is 4.74 Å². The Hall–Kier alpha value is -0.670. The van der Waals surface area contributed by atoms with Crippen molar-refractivity contribution in [3.8, 4) is 5.75 Å². The van der Waals surface area contributed by atoms with Gasteiger partial charge in [-0.25, -0.2) is 0 Å². The van der Waals surface area contributed by atoms with Gasteiger partial charge in [0.1, 0.15) is 5.75 Å². The molecule has 1 aromatic rings. The standard InChI is InChI=1S/C13H19NOS/c1-4-7-14-13-9(2)16-12-8-10(15-3)5-6-11(12)13/h5-6,8-9,13-14H,4,7H2,1-3H3. The predicted molar refractivity (Wildman–Crippen MR) is 69.3 cm³/mol. The molecule has 88 valence electrons. The minimum absolute atomic E-state index is 0.492. The third kappa shape index (κ3) is 2.20. The van der Waals surface area contributed by atoms with Crippen LogP contribution in [0.2, 0.25) is 0 Å². The lowest BCUT2D eigenvalue weighted by molar-refractivity contribution is 0.413. The highest BCUT2D eigenvalue weighted by Gasteiger charge is 2.29. The molecular weight excluding hydrogens is 218 g/mol. The maximum atomic E-state index is 5.26. The van der Waals surface area contributed by atoms with Gasteiger partial charge in [0, 0.05) is 16.2 Å². The second-order valence-corrected chi connectivity index (χ2v) is 5.58.